The molecule has 1 saturated heterocycles. The monoisotopic (exact) mass is 378 g/mol. The van der Waals surface area contributed by atoms with Crippen LogP contribution in [0.5, 0.6) is 0 Å². The Bertz CT molecular complexity index is 1020. The Kier molecular flexibility index (Phi) is 3.92. The molecular weight excluding hydrogens is 360 g/mol. The van der Waals surface area contributed by atoms with Crippen LogP contribution in [0, 0.1) is 5.92 Å². The number of anilines is 2. The Morgan fingerprint density at radius 3 is 3.00 bits per heavy atom. The van der Waals surface area contributed by atoms with Gasteiger partial charge in [0.1, 0.15) is 0 Å². The van der Waals surface area contributed by atoms with E-state index in [9.17, 15) is 9.59 Å². The van der Waals surface area contributed by atoms with E-state index in [-0.39, 0.29) is 23.7 Å². The minimum absolute atomic E-state index is 0.00376. The molecule has 2 N–H and O–H groups in total. The average molecular weight is 378 g/mol. The van der Waals surface area contributed by atoms with E-state index in [4.69, 9.17) is 4.52 Å². The maximum absolute atomic E-state index is 12.3. The van der Waals surface area contributed by atoms with Gasteiger partial charge in [0, 0.05) is 36.3 Å². The minimum atomic E-state index is -0.165. The van der Waals surface area contributed by atoms with Crippen LogP contribution in [0.25, 0.3) is 11.4 Å². The highest BCUT2D eigenvalue weighted by atomic mass is 16.5. The molecule has 5 rings (SSSR count). The molecular formula is C19H18N6O3. The lowest BCUT2D eigenvalue weighted by Crippen LogP contribution is -2.23. The first-order valence-electron chi connectivity index (χ1n) is 9.21. The van der Waals surface area contributed by atoms with Crippen molar-refractivity contribution in [3.05, 3.63) is 42.5 Å². The van der Waals surface area contributed by atoms with Crippen molar-refractivity contribution in [2.45, 2.75) is 25.2 Å². The van der Waals surface area contributed by atoms with Crippen molar-refractivity contribution in [3.63, 3.8) is 0 Å². The Balaban J connectivity index is 1.32. The van der Waals surface area contributed by atoms with Gasteiger partial charge in [-0.15, -0.1) is 0 Å². The van der Waals surface area contributed by atoms with E-state index in [2.05, 4.69) is 25.7 Å². The van der Waals surface area contributed by atoms with Gasteiger partial charge in [0.15, 0.2) is 0 Å². The lowest BCUT2D eigenvalue weighted by atomic mass is 10.1. The average Bonchev–Trinajstić information content (AvgIpc) is 3.09. The molecule has 1 aliphatic carbocycles. The van der Waals surface area contributed by atoms with Gasteiger partial charge in [-0.05, 0) is 25.0 Å². The highest BCUT2D eigenvalue weighted by molar-refractivity contribution is 5.96. The number of nitrogens with zero attached hydrogens (tertiary/aromatic N) is 4. The second-order valence-electron chi connectivity index (χ2n) is 7.16. The molecule has 28 heavy (non-hydrogen) atoms. The predicted molar refractivity (Wildman–Crippen MR) is 99.4 cm³/mol. The second kappa shape index (κ2) is 6.59. The maximum Gasteiger partial charge on any atom is 0.232 e. The first-order valence-corrected chi connectivity index (χ1v) is 9.21. The molecule has 2 aliphatic rings. The fraction of sp³-hybridized carbons (Fsp3) is 0.316. The lowest BCUT2D eigenvalue weighted by molar-refractivity contribution is -0.118. The van der Waals surface area contributed by atoms with E-state index in [0.29, 0.717) is 30.4 Å². The van der Waals surface area contributed by atoms with Crippen molar-refractivity contribution in [1.82, 2.24) is 20.3 Å². The smallest absolute Gasteiger partial charge is 0.232 e. The Hall–Kier alpha value is -3.49. The highest BCUT2D eigenvalue weighted by Crippen LogP contribution is 2.32. The topological polar surface area (TPSA) is 117 Å². The molecule has 0 bridgehead atoms. The summed E-state index contributed by atoms with van der Waals surface area (Å²) in [6, 6.07) is 7.36. The van der Waals surface area contributed by atoms with Crippen molar-refractivity contribution >= 4 is 23.2 Å². The van der Waals surface area contributed by atoms with Gasteiger partial charge in [-0.1, -0.05) is 17.3 Å². The van der Waals surface area contributed by atoms with Crippen LogP contribution in [0.2, 0.25) is 0 Å². The molecule has 9 heteroatoms. The molecule has 0 spiro atoms. The molecule has 1 atom stereocenters. The van der Waals surface area contributed by atoms with E-state index in [1.807, 2.05) is 24.3 Å². The van der Waals surface area contributed by atoms with Crippen LogP contribution >= 0.6 is 0 Å². The van der Waals surface area contributed by atoms with E-state index < -0.39 is 0 Å². The molecule has 3 heterocycles. The summed E-state index contributed by atoms with van der Waals surface area (Å²) in [7, 11) is 0. The number of aromatic amines is 1. The van der Waals surface area contributed by atoms with E-state index >= 15 is 0 Å². The summed E-state index contributed by atoms with van der Waals surface area (Å²) >= 11 is 0. The summed E-state index contributed by atoms with van der Waals surface area (Å²) < 4.78 is 5.44. The summed E-state index contributed by atoms with van der Waals surface area (Å²) in [6.07, 6.45) is 5.51. The first kappa shape index (κ1) is 16.7. The number of amides is 2. The quantitative estimate of drug-likeness (QED) is 0.704. The molecule has 1 saturated carbocycles. The molecule has 3 aromatic rings. The third kappa shape index (κ3) is 3.15. The van der Waals surface area contributed by atoms with Gasteiger partial charge in [-0.2, -0.15) is 10.1 Å². The number of carbonyl (C=O) groups excluding carboxylic acids is 2. The van der Waals surface area contributed by atoms with Crippen LogP contribution in [0.3, 0.4) is 0 Å². The Morgan fingerprint density at radius 2 is 2.21 bits per heavy atom. The van der Waals surface area contributed by atoms with E-state index in [1.165, 1.54) is 0 Å². The summed E-state index contributed by atoms with van der Waals surface area (Å²) in [5.41, 5.74) is 2.19. The van der Waals surface area contributed by atoms with Crippen LogP contribution in [-0.4, -0.2) is 38.7 Å². The third-order valence-corrected chi connectivity index (χ3v) is 5.05. The molecule has 0 radical (unpaired) electrons. The van der Waals surface area contributed by atoms with Crippen LogP contribution in [0.15, 0.2) is 41.2 Å². The number of rotatable bonds is 5. The van der Waals surface area contributed by atoms with Gasteiger partial charge in [0.2, 0.25) is 23.5 Å². The molecule has 1 unspecified atom stereocenters. The van der Waals surface area contributed by atoms with Crippen LogP contribution in [0.4, 0.5) is 11.4 Å². The van der Waals surface area contributed by atoms with Gasteiger partial charge in [0.25, 0.3) is 0 Å². The van der Waals surface area contributed by atoms with Crippen LogP contribution in [-0.2, 0) is 9.59 Å². The number of benzene rings is 1. The molecule has 1 aromatic carbocycles. The van der Waals surface area contributed by atoms with Crippen molar-refractivity contribution in [1.29, 1.82) is 0 Å². The summed E-state index contributed by atoms with van der Waals surface area (Å²) in [4.78, 5) is 30.4. The summed E-state index contributed by atoms with van der Waals surface area (Å²) in [6.45, 7) is 0.470. The van der Waals surface area contributed by atoms with Crippen molar-refractivity contribution in [3.8, 4) is 11.4 Å². The van der Waals surface area contributed by atoms with Crippen molar-refractivity contribution in [2.75, 3.05) is 16.8 Å². The number of H-pyrrole nitrogens is 1. The minimum Gasteiger partial charge on any atom is -0.339 e. The highest BCUT2D eigenvalue weighted by Gasteiger charge is 2.35. The van der Waals surface area contributed by atoms with Gasteiger partial charge >= 0.3 is 0 Å². The van der Waals surface area contributed by atoms with E-state index in [1.54, 1.807) is 17.3 Å². The van der Waals surface area contributed by atoms with Crippen molar-refractivity contribution < 1.29 is 14.1 Å². The summed E-state index contributed by atoms with van der Waals surface area (Å²) in [5.74, 6) is 0.888. The lowest BCUT2D eigenvalue weighted by Gasteiger charge is -2.12. The zero-order chi connectivity index (χ0) is 19.1. The van der Waals surface area contributed by atoms with Crippen LogP contribution in [0.1, 0.15) is 31.1 Å². The fourth-order valence-electron chi connectivity index (χ4n) is 3.36. The number of nitrogens with one attached hydrogen (secondary N) is 2. The van der Waals surface area contributed by atoms with Crippen LogP contribution < -0.4 is 10.2 Å². The Labute approximate surface area is 160 Å². The maximum atomic E-state index is 12.3. The molecule has 9 nitrogen and oxygen atoms in total. The Morgan fingerprint density at radius 1 is 1.32 bits per heavy atom. The van der Waals surface area contributed by atoms with Gasteiger partial charge in [-0.3, -0.25) is 14.7 Å². The van der Waals surface area contributed by atoms with Crippen molar-refractivity contribution in [2.24, 2.45) is 5.92 Å². The number of carbonyl (C=O) groups is 2. The zero-order valence-electron chi connectivity index (χ0n) is 15.0. The first-order chi connectivity index (χ1) is 13.7. The molecule has 2 amide bonds. The number of hydrogen-bond acceptors (Lipinski definition) is 6. The van der Waals surface area contributed by atoms with Gasteiger partial charge in [-0.25, -0.2) is 0 Å². The van der Waals surface area contributed by atoms with Gasteiger partial charge < -0.3 is 14.7 Å². The SMILES string of the molecule is O=C(Nc1cccc(-c2noc(C3CC(=O)N(c4cn[nH]c4)C3)n2)c1)C1CC1. The number of hydrogen-bond donors (Lipinski definition) is 2. The van der Waals surface area contributed by atoms with Gasteiger partial charge in [0.05, 0.1) is 17.8 Å². The normalized spacial score (nSPS) is 19.2. The summed E-state index contributed by atoms with van der Waals surface area (Å²) in [5, 5.41) is 13.6. The molecule has 1 aliphatic heterocycles. The molecule has 2 aromatic heterocycles. The zero-order valence-corrected chi connectivity index (χ0v) is 15.0. The number of aromatic nitrogens is 4. The van der Waals surface area contributed by atoms with E-state index in [0.717, 1.165) is 24.1 Å². The third-order valence-electron chi connectivity index (χ3n) is 5.05. The largest absolute Gasteiger partial charge is 0.339 e. The molecule has 2 fully saturated rings. The predicted octanol–water partition coefficient (Wildman–Crippen LogP) is 2.33. The standard InChI is InChI=1S/C19H18N6O3/c26-16-7-13(10-25(16)15-8-20-21-9-15)19-23-17(24-28-19)12-2-1-3-14(6-12)22-18(27)11-4-5-11/h1-3,6,8-9,11,13H,4-5,7,10H2,(H,20,21)(H,22,27). The second-order valence-corrected chi connectivity index (χ2v) is 7.16. The fourth-order valence-corrected chi connectivity index (χ4v) is 3.36. The molecule has 142 valence electrons.